The molecule has 2 aromatic heterocycles. The quantitative estimate of drug-likeness (QED) is 0.643. The van der Waals surface area contributed by atoms with Crippen LogP contribution in [-0.2, 0) is 30.7 Å². The van der Waals surface area contributed by atoms with E-state index >= 15 is 0 Å². The summed E-state index contributed by atoms with van der Waals surface area (Å²) in [4.78, 5) is 16.2. The Morgan fingerprint density at radius 1 is 1.19 bits per heavy atom. The number of rotatable bonds is 10. The first-order chi connectivity index (χ1) is 12.9. The number of methoxy groups -OCH3 is 1. The van der Waals surface area contributed by atoms with E-state index in [0.29, 0.717) is 23.6 Å². The number of carbonyl (C=O) groups excluding carboxylic acids is 1. The lowest BCUT2D eigenvalue weighted by Gasteiger charge is -2.10. The molecule has 2 aromatic rings. The van der Waals surface area contributed by atoms with Gasteiger partial charge >= 0.3 is 5.97 Å². The molecule has 0 aliphatic carbocycles. The maximum atomic E-state index is 11.8. The number of ether oxygens (including phenoxy) is 1. The van der Waals surface area contributed by atoms with Gasteiger partial charge in [0.05, 0.1) is 25.0 Å². The third-order valence-electron chi connectivity index (χ3n) is 4.52. The number of aryl methyl sites for hydroxylation is 3. The molecule has 0 unspecified atom stereocenters. The highest BCUT2D eigenvalue weighted by atomic mass is 16.5. The zero-order chi connectivity index (χ0) is 19.8. The van der Waals surface area contributed by atoms with Gasteiger partial charge in [-0.2, -0.15) is 0 Å². The molecular formula is C20H30N4O3. The highest BCUT2D eigenvalue weighted by Crippen LogP contribution is 2.13. The molecule has 0 aliphatic rings. The predicted molar refractivity (Wildman–Crippen MR) is 102 cm³/mol. The summed E-state index contributed by atoms with van der Waals surface area (Å²) < 4.78 is 6.96. The zero-order valence-corrected chi connectivity index (χ0v) is 16.7. The van der Waals surface area contributed by atoms with Crippen LogP contribution in [0.5, 0.6) is 0 Å². The molecule has 7 nitrogen and oxygen atoms in total. The van der Waals surface area contributed by atoms with Gasteiger partial charge in [-0.1, -0.05) is 13.8 Å². The van der Waals surface area contributed by atoms with Crippen LogP contribution in [0.3, 0.4) is 0 Å². The Balaban J connectivity index is 1.99. The van der Waals surface area contributed by atoms with E-state index < -0.39 is 5.97 Å². The fourth-order valence-electron chi connectivity index (χ4n) is 3.08. The third kappa shape index (κ3) is 6.13. The summed E-state index contributed by atoms with van der Waals surface area (Å²) >= 11 is 0. The van der Waals surface area contributed by atoms with Gasteiger partial charge in [-0.15, -0.1) is 10.2 Å². The number of aromatic nitrogens is 4. The molecule has 0 aliphatic heterocycles. The SMILES string of the molecule is COC(=O)c1cc(CO)nc(CCCc2nnc(C)n2CCCC(C)C)c1. The fourth-order valence-corrected chi connectivity index (χ4v) is 3.08. The number of carbonyl (C=O) groups is 1. The minimum Gasteiger partial charge on any atom is -0.465 e. The molecule has 0 amide bonds. The molecule has 1 N–H and O–H groups in total. The first kappa shape index (κ1) is 21.0. The van der Waals surface area contributed by atoms with Crippen LogP contribution < -0.4 is 0 Å². The Labute approximate surface area is 160 Å². The summed E-state index contributed by atoms with van der Waals surface area (Å²) in [6.07, 6.45) is 4.62. The first-order valence-electron chi connectivity index (χ1n) is 9.52. The number of aliphatic hydroxyl groups excluding tert-OH is 1. The molecule has 7 heteroatoms. The van der Waals surface area contributed by atoms with Gasteiger partial charge in [-0.05, 0) is 50.7 Å². The number of hydrogen-bond acceptors (Lipinski definition) is 6. The molecule has 27 heavy (non-hydrogen) atoms. The summed E-state index contributed by atoms with van der Waals surface area (Å²) in [5, 5.41) is 17.9. The lowest BCUT2D eigenvalue weighted by atomic mass is 10.1. The molecular weight excluding hydrogens is 344 g/mol. The zero-order valence-electron chi connectivity index (χ0n) is 16.7. The smallest absolute Gasteiger partial charge is 0.337 e. The average Bonchev–Trinajstić information content (AvgIpc) is 3.00. The van der Waals surface area contributed by atoms with Crippen LogP contribution in [0.25, 0.3) is 0 Å². The molecule has 0 aromatic carbocycles. The van der Waals surface area contributed by atoms with Crippen LogP contribution in [0.15, 0.2) is 12.1 Å². The largest absolute Gasteiger partial charge is 0.465 e. The third-order valence-corrected chi connectivity index (χ3v) is 4.52. The van der Waals surface area contributed by atoms with Crippen LogP contribution >= 0.6 is 0 Å². The van der Waals surface area contributed by atoms with E-state index in [0.717, 1.165) is 43.1 Å². The monoisotopic (exact) mass is 374 g/mol. The number of pyridine rings is 1. The van der Waals surface area contributed by atoms with Crippen molar-refractivity contribution in [1.29, 1.82) is 0 Å². The van der Waals surface area contributed by atoms with Gasteiger partial charge in [0.15, 0.2) is 0 Å². The Hall–Kier alpha value is -2.28. The minimum absolute atomic E-state index is 0.207. The molecule has 148 valence electrons. The number of esters is 1. The van der Waals surface area contributed by atoms with Gasteiger partial charge in [-0.25, -0.2) is 4.79 Å². The second-order valence-electron chi connectivity index (χ2n) is 7.19. The average molecular weight is 374 g/mol. The van der Waals surface area contributed by atoms with E-state index in [4.69, 9.17) is 4.74 Å². The topological polar surface area (TPSA) is 90.1 Å². The number of hydrogen-bond donors (Lipinski definition) is 1. The van der Waals surface area contributed by atoms with Crippen LogP contribution in [0.4, 0.5) is 0 Å². The molecule has 0 atom stereocenters. The van der Waals surface area contributed by atoms with E-state index in [1.165, 1.54) is 13.5 Å². The van der Waals surface area contributed by atoms with Gasteiger partial charge in [0, 0.05) is 18.7 Å². The van der Waals surface area contributed by atoms with Crippen molar-refractivity contribution < 1.29 is 14.6 Å². The van der Waals surface area contributed by atoms with Crippen molar-refractivity contribution in [2.24, 2.45) is 5.92 Å². The Morgan fingerprint density at radius 3 is 2.59 bits per heavy atom. The van der Waals surface area contributed by atoms with E-state index in [2.05, 4.69) is 33.6 Å². The summed E-state index contributed by atoms with van der Waals surface area (Å²) in [5.74, 6) is 2.21. The van der Waals surface area contributed by atoms with Crippen molar-refractivity contribution in [1.82, 2.24) is 19.7 Å². The molecule has 2 heterocycles. The molecule has 2 rings (SSSR count). The number of aliphatic hydroxyl groups is 1. The second kappa shape index (κ2) is 10.2. The highest BCUT2D eigenvalue weighted by Gasteiger charge is 2.12. The molecule has 0 spiro atoms. The van der Waals surface area contributed by atoms with Crippen molar-refractivity contribution in [2.75, 3.05) is 7.11 Å². The maximum Gasteiger partial charge on any atom is 0.337 e. The predicted octanol–water partition coefficient (Wildman–Crippen LogP) is 2.87. The van der Waals surface area contributed by atoms with Gasteiger partial charge in [0.2, 0.25) is 0 Å². The van der Waals surface area contributed by atoms with Crippen molar-refractivity contribution in [2.45, 2.75) is 66.0 Å². The van der Waals surface area contributed by atoms with E-state index in [-0.39, 0.29) is 6.61 Å². The highest BCUT2D eigenvalue weighted by molar-refractivity contribution is 5.89. The molecule has 0 saturated heterocycles. The molecule has 0 bridgehead atoms. The Kier molecular flexibility index (Phi) is 7.91. The summed E-state index contributed by atoms with van der Waals surface area (Å²) in [6.45, 7) is 7.19. The fraction of sp³-hybridized carbons (Fsp3) is 0.600. The van der Waals surface area contributed by atoms with E-state index in [9.17, 15) is 9.90 Å². The van der Waals surface area contributed by atoms with E-state index in [1.807, 2.05) is 6.92 Å². The Morgan fingerprint density at radius 2 is 1.93 bits per heavy atom. The lowest BCUT2D eigenvalue weighted by Crippen LogP contribution is -2.09. The molecule has 0 radical (unpaired) electrons. The van der Waals surface area contributed by atoms with Gasteiger partial charge in [0.1, 0.15) is 11.6 Å². The number of nitrogens with zero attached hydrogens (tertiary/aromatic N) is 4. The summed E-state index contributed by atoms with van der Waals surface area (Å²) in [7, 11) is 1.34. The molecule has 0 saturated carbocycles. The van der Waals surface area contributed by atoms with Gasteiger partial charge in [-0.3, -0.25) is 4.98 Å². The van der Waals surface area contributed by atoms with Crippen molar-refractivity contribution >= 4 is 5.97 Å². The van der Waals surface area contributed by atoms with Crippen LogP contribution in [0.1, 0.15) is 66.5 Å². The van der Waals surface area contributed by atoms with Crippen LogP contribution in [0, 0.1) is 12.8 Å². The van der Waals surface area contributed by atoms with Crippen LogP contribution in [0.2, 0.25) is 0 Å². The van der Waals surface area contributed by atoms with Crippen LogP contribution in [-0.4, -0.2) is 37.9 Å². The lowest BCUT2D eigenvalue weighted by molar-refractivity contribution is 0.0600. The Bertz CT molecular complexity index is 756. The van der Waals surface area contributed by atoms with Crippen molar-refractivity contribution in [3.63, 3.8) is 0 Å². The second-order valence-corrected chi connectivity index (χ2v) is 7.19. The normalized spacial score (nSPS) is 11.2. The van der Waals surface area contributed by atoms with Gasteiger partial charge in [0.25, 0.3) is 0 Å². The summed E-state index contributed by atoms with van der Waals surface area (Å²) in [6, 6.07) is 3.29. The first-order valence-corrected chi connectivity index (χ1v) is 9.52. The summed E-state index contributed by atoms with van der Waals surface area (Å²) in [5.41, 5.74) is 1.66. The maximum absolute atomic E-state index is 11.8. The minimum atomic E-state index is -0.422. The van der Waals surface area contributed by atoms with Crippen molar-refractivity contribution in [3.8, 4) is 0 Å². The molecule has 0 fully saturated rings. The van der Waals surface area contributed by atoms with E-state index in [1.54, 1.807) is 12.1 Å². The van der Waals surface area contributed by atoms with Crippen molar-refractivity contribution in [3.05, 3.63) is 40.7 Å². The standard InChI is InChI=1S/C20H30N4O3/c1-14(2)7-6-10-24-15(3)22-23-19(24)9-5-8-17-11-16(20(26)27-4)12-18(13-25)21-17/h11-12,14,25H,5-10,13H2,1-4H3. The van der Waals surface area contributed by atoms with Gasteiger partial charge < -0.3 is 14.4 Å².